The highest BCUT2D eigenvalue weighted by Crippen LogP contribution is 2.18. The van der Waals surface area contributed by atoms with Gasteiger partial charge in [0.1, 0.15) is 5.82 Å². The van der Waals surface area contributed by atoms with Gasteiger partial charge in [0, 0.05) is 6.54 Å². The van der Waals surface area contributed by atoms with Gasteiger partial charge in [-0.1, -0.05) is 48.5 Å². The minimum atomic E-state index is -0.920. The van der Waals surface area contributed by atoms with E-state index < -0.39 is 5.60 Å². The van der Waals surface area contributed by atoms with E-state index in [2.05, 4.69) is 5.32 Å². The van der Waals surface area contributed by atoms with Crippen molar-refractivity contribution in [3.8, 4) is 0 Å². The van der Waals surface area contributed by atoms with Crippen molar-refractivity contribution in [1.82, 2.24) is 5.32 Å². The molecule has 1 unspecified atom stereocenters. The molecule has 0 fully saturated rings. The molecule has 0 saturated heterocycles. The average molecular weight is 273 g/mol. The summed E-state index contributed by atoms with van der Waals surface area (Å²) in [6.45, 7) is 2.84. The fraction of sp³-hybridized carbons (Fsp3) is 0.294. The topological polar surface area (TPSA) is 32.3 Å². The summed E-state index contributed by atoms with van der Waals surface area (Å²) in [5.74, 6) is -0.177. The molecule has 20 heavy (non-hydrogen) atoms. The number of benzene rings is 2. The second-order valence-electron chi connectivity index (χ2n) is 5.16. The molecule has 0 bridgehead atoms. The van der Waals surface area contributed by atoms with Gasteiger partial charge in [-0.25, -0.2) is 4.39 Å². The molecule has 2 aromatic rings. The molecule has 0 aliphatic carbocycles. The predicted molar refractivity (Wildman–Crippen MR) is 79.0 cm³/mol. The van der Waals surface area contributed by atoms with E-state index in [0.29, 0.717) is 25.1 Å². The Hall–Kier alpha value is -1.71. The van der Waals surface area contributed by atoms with Crippen molar-refractivity contribution < 1.29 is 9.50 Å². The molecule has 0 amide bonds. The average Bonchev–Trinajstić information content (AvgIpc) is 2.46. The lowest BCUT2D eigenvalue weighted by atomic mass is 9.96. The maximum absolute atomic E-state index is 13.4. The Bertz CT molecular complexity index is 540. The second-order valence-corrected chi connectivity index (χ2v) is 5.16. The SMILES string of the molecule is CC(O)(CNCCc1ccccc1F)c1ccccc1. The van der Waals surface area contributed by atoms with Gasteiger partial charge in [0.05, 0.1) is 5.60 Å². The van der Waals surface area contributed by atoms with E-state index in [0.717, 1.165) is 5.56 Å². The summed E-state index contributed by atoms with van der Waals surface area (Å²) in [6, 6.07) is 16.3. The Kier molecular flexibility index (Phi) is 4.88. The minimum absolute atomic E-state index is 0.177. The molecule has 0 spiro atoms. The van der Waals surface area contributed by atoms with Crippen LogP contribution in [0.25, 0.3) is 0 Å². The quantitative estimate of drug-likeness (QED) is 0.793. The van der Waals surface area contributed by atoms with E-state index in [-0.39, 0.29) is 5.82 Å². The summed E-state index contributed by atoms with van der Waals surface area (Å²) in [7, 11) is 0. The Morgan fingerprint density at radius 3 is 2.40 bits per heavy atom. The lowest BCUT2D eigenvalue weighted by molar-refractivity contribution is 0.0573. The molecule has 0 radical (unpaired) electrons. The Balaban J connectivity index is 1.83. The first kappa shape index (κ1) is 14.7. The van der Waals surface area contributed by atoms with Crippen LogP contribution in [0.15, 0.2) is 54.6 Å². The number of halogens is 1. The largest absolute Gasteiger partial charge is 0.384 e. The highest BCUT2D eigenvalue weighted by Gasteiger charge is 2.21. The number of hydrogen-bond donors (Lipinski definition) is 2. The first-order chi connectivity index (χ1) is 9.59. The zero-order valence-electron chi connectivity index (χ0n) is 11.6. The first-order valence-corrected chi connectivity index (χ1v) is 6.81. The van der Waals surface area contributed by atoms with E-state index in [1.54, 1.807) is 19.1 Å². The maximum atomic E-state index is 13.4. The zero-order valence-corrected chi connectivity index (χ0v) is 11.6. The van der Waals surface area contributed by atoms with Crippen LogP contribution in [0, 0.1) is 5.82 Å². The lowest BCUT2D eigenvalue weighted by Crippen LogP contribution is -2.36. The third-order valence-electron chi connectivity index (χ3n) is 3.39. The Labute approximate surface area is 119 Å². The molecule has 1 atom stereocenters. The summed E-state index contributed by atoms with van der Waals surface area (Å²) < 4.78 is 13.4. The van der Waals surface area contributed by atoms with Gasteiger partial charge in [-0.15, -0.1) is 0 Å². The van der Waals surface area contributed by atoms with Crippen LogP contribution in [0.2, 0.25) is 0 Å². The summed E-state index contributed by atoms with van der Waals surface area (Å²) in [4.78, 5) is 0. The van der Waals surface area contributed by atoms with Crippen LogP contribution in [-0.2, 0) is 12.0 Å². The van der Waals surface area contributed by atoms with E-state index in [1.165, 1.54) is 6.07 Å². The molecule has 0 aromatic heterocycles. The molecule has 2 N–H and O–H groups in total. The Morgan fingerprint density at radius 2 is 1.70 bits per heavy atom. The van der Waals surface area contributed by atoms with E-state index in [9.17, 15) is 9.50 Å². The van der Waals surface area contributed by atoms with Crippen molar-refractivity contribution in [3.63, 3.8) is 0 Å². The highest BCUT2D eigenvalue weighted by atomic mass is 19.1. The zero-order chi connectivity index (χ0) is 14.4. The first-order valence-electron chi connectivity index (χ1n) is 6.81. The van der Waals surface area contributed by atoms with Crippen LogP contribution >= 0.6 is 0 Å². The normalized spacial score (nSPS) is 13.9. The standard InChI is InChI=1S/C17H20FNO/c1-17(20,15-8-3-2-4-9-15)13-19-12-11-14-7-5-6-10-16(14)18/h2-10,19-20H,11-13H2,1H3. The van der Waals surface area contributed by atoms with Crippen LogP contribution in [0.3, 0.4) is 0 Å². The molecule has 3 heteroatoms. The molecule has 0 aliphatic rings. The number of nitrogens with one attached hydrogen (secondary N) is 1. The van der Waals surface area contributed by atoms with Crippen molar-refractivity contribution in [3.05, 3.63) is 71.5 Å². The molecule has 0 aliphatic heterocycles. The van der Waals surface area contributed by atoms with Crippen molar-refractivity contribution >= 4 is 0 Å². The maximum Gasteiger partial charge on any atom is 0.126 e. The fourth-order valence-corrected chi connectivity index (χ4v) is 2.16. The van der Waals surface area contributed by atoms with Gasteiger partial charge in [0.15, 0.2) is 0 Å². The number of aliphatic hydroxyl groups is 1. The summed E-state index contributed by atoms with van der Waals surface area (Å²) >= 11 is 0. The summed E-state index contributed by atoms with van der Waals surface area (Å²) in [5.41, 5.74) is 0.647. The fourth-order valence-electron chi connectivity index (χ4n) is 2.16. The molecule has 0 saturated carbocycles. The van der Waals surface area contributed by atoms with Gasteiger partial charge in [-0.2, -0.15) is 0 Å². The number of hydrogen-bond acceptors (Lipinski definition) is 2. The van der Waals surface area contributed by atoms with Gasteiger partial charge in [0.25, 0.3) is 0 Å². The van der Waals surface area contributed by atoms with Crippen LogP contribution in [-0.4, -0.2) is 18.2 Å². The molecule has 2 aromatic carbocycles. The monoisotopic (exact) mass is 273 g/mol. The van der Waals surface area contributed by atoms with E-state index in [4.69, 9.17) is 0 Å². The van der Waals surface area contributed by atoms with Gasteiger partial charge in [-0.05, 0) is 37.1 Å². The Morgan fingerprint density at radius 1 is 1.05 bits per heavy atom. The smallest absolute Gasteiger partial charge is 0.126 e. The second kappa shape index (κ2) is 6.64. The van der Waals surface area contributed by atoms with Gasteiger partial charge >= 0.3 is 0 Å². The van der Waals surface area contributed by atoms with Gasteiger partial charge in [-0.3, -0.25) is 0 Å². The van der Waals surface area contributed by atoms with Crippen molar-refractivity contribution in [2.24, 2.45) is 0 Å². The third-order valence-corrected chi connectivity index (χ3v) is 3.39. The van der Waals surface area contributed by atoms with Crippen molar-refractivity contribution in [2.75, 3.05) is 13.1 Å². The van der Waals surface area contributed by atoms with Crippen LogP contribution in [0.1, 0.15) is 18.1 Å². The summed E-state index contributed by atoms with van der Waals surface area (Å²) in [5, 5.41) is 13.6. The molecule has 2 rings (SSSR count). The number of rotatable bonds is 6. The van der Waals surface area contributed by atoms with Crippen LogP contribution in [0.4, 0.5) is 4.39 Å². The van der Waals surface area contributed by atoms with Gasteiger partial charge in [0.2, 0.25) is 0 Å². The van der Waals surface area contributed by atoms with Crippen molar-refractivity contribution in [1.29, 1.82) is 0 Å². The third kappa shape index (κ3) is 3.89. The molecule has 0 heterocycles. The van der Waals surface area contributed by atoms with Gasteiger partial charge < -0.3 is 10.4 Å². The van der Waals surface area contributed by atoms with Crippen molar-refractivity contribution in [2.45, 2.75) is 18.9 Å². The molecular weight excluding hydrogens is 253 g/mol. The predicted octanol–water partition coefficient (Wildman–Crippen LogP) is 2.87. The van der Waals surface area contributed by atoms with Crippen LogP contribution in [0.5, 0.6) is 0 Å². The molecule has 106 valence electrons. The van der Waals surface area contributed by atoms with E-state index in [1.807, 2.05) is 36.4 Å². The van der Waals surface area contributed by atoms with Crippen LogP contribution < -0.4 is 5.32 Å². The molecular formula is C17H20FNO. The molecule has 2 nitrogen and oxygen atoms in total. The minimum Gasteiger partial charge on any atom is -0.384 e. The van der Waals surface area contributed by atoms with E-state index >= 15 is 0 Å². The summed E-state index contributed by atoms with van der Waals surface area (Å²) in [6.07, 6.45) is 0.609. The highest BCUT2D eigenvalue weighted by molar-refractivity contribution is 5.22. The lowest BCUT2D eigenvalue weighted by Gasteiger charge is -2.24.